The third kappa shape index (κ3) is 9.07. The fourth-order valence-electron chi connectivity index (χ4n) is 2.38. The van der Waals surface area contributed by atoms with Gasteiger partial charge in [0, 0.05) is 0 Å². The van der Waals surface area contributed by atoms with Crippen LogP contribution in [-0.4, -0.2) is 24.5 Å². The molecule has 0 radical (unpaired) electrons. The van der Waals surface area contributed by atoms with Gasteiger partial charge in [-0.15, -0.1) is 12.4 Å². The van der Waals surface area contributed by atoms with Gasteiger partial charge in [0.1, 0.15) is 0 Å². The first kappa shape index (κ1) is 18.5. The van der Waals surface area contributed by atoms with Gasteiger partial charge in [0.05, 0.1) is 0 Å². The van der Waals surface area contributed by atoms with Gasteiger partial charge in [-0.3, -0.25) is 0 Å². The Morgan fingerprint density at radius 3 is 2.00 bits per heavy atom. The Hall–Kier alpha value is -0.530. The average molecular weight is 284 g/mol. The smallest absolute Gasteiger partial charge is 0.00190 e. The van der Waals surface area contributed by atoms with E-state index in [4.69, 9.17) is 0 Å². The summed E-state index contributed by atoms with van der Waals surface area (Å²) in [6.45, 7) is 8.19. The summed E-state index contributed by atoms with van der Waals surface area (Å²) in [6.07, 6.45) is 8.13. The fraction of sp³-hybridized carbons (Fsp3) is 0.647. The van der Waals surface area contributed by atoms with Crippen molar-refractivity contribution >= 4 is 12.4 Å². The van der Waals surface area contributed by atoms with Gasteiger partial charge in [-0.25, -0.2) is 0 Å². The fourth-order valence-corrected chi connectivity index (χ4v) is 2.38. The van der Waals surface area contributed by atoms with E-state index in [1.807, 2.05) is 0 Å². The molecule has 1 nitrogen and oxygen atoms in total. The maximum absolute atomic E-state index is 2.52. The third-order valence-electron chi connectivity index (χ3n) is 3.68. The summed E-state index contributed by atoms with van der Waals surface area (Å²) in [4.78, 5) is 2.52. The molecular weight excluding hydrogens is 254 g/mol. The maximum atomic E-state index is 2.52. The molecule has 0 spiro atoms. The predicted octanol–water partition coefficient (Wildman–Crippen LogP) is 4.94. The number of nitrogens with zero attached hydrogens (tertiary/aromatic N) is 1. The van der Waals surface area contributed by atoms with E-state index in [-0.39, 0.29) is 12.4 Å². The van der Waals surface area contributed by atoms with Crippen LogP contribution in [0.2, 0.25) is 0 Å². The molecule has 0 amide bonds. The Balaban J connectivity index is 0.00000324. The van der Waals surface area contributed by atoms with Crippen LogP contribution in [0.1, 0.15) is 51.5 Å². The topological polar surface area (TPSA) is 3.24 Å². The zero-order chi connectivity index (χ0) is 13.1. The van der Waals surface area contributed by atoms with Crippen LogP contribution in [0.4, 0.5) is 0 Å². The van der Waals surface area contributed by atoms with E-state index in [1.165, 1.54) is 63.7 Å². The molecule has 0 unspecified atom stereocenters. The second-order valence-corrected chi connectivity index (χ2v) is 5.03. The molecule has 0 saturated carbocycles. The molecule has 2 heteroatoms. The minimum atomic E-state index is 0. The van der Waals surface area contributed by atoms with Crippen molar-refractivity contribution < 1.29 is 0 Å². The minimum Gasteiger partial charge on any atom is -0.304 e. The summed E-state index contributed by atoms with van der Waals surface area (Å²) in [5.41, 5.74) is 1.49. The molecule has 1 rings (SSSR count). The highest BCUT2D eigenvalue weighted by Gasteiger charge is 1.98. The molecule has 0 atom stereocenters. The molecule has 0 aliphatic heterocycles. The Bertz CT molecular complexity index is 283. The van der Waals surface area contributed by atoms with Crippen LogP contribution < -0.4 is 0 Å². The molecule has 1 aromatic rings. The van der Waals surface area contributed by atoms with Crippen LogP contribution in [-0.2, 0) is 6.42 Å². The summed E-state index contributed by atoms with van der Waals surface area (Å²) >= 11 is 0. The number of unbranched alkanes of at least 4 members (excludes halogenated alkanes) is 4. The Morgan fingerprint density at radius 2 is 1.37 bits per heavy atom. The highest BCUT2D eigenvalue weighted by Crippen LogP contribution is 2.09. The zero-order valence-electron chi connectivity index (χ0n) is 12.6. The summed E-state index contributed by atoms with van der Waals surface area (Å²) in [5, 5.41) is 0. The van der Waals surface area contributed by atoms with Crippen molar-refractivity contribution in [1.82, 2.24) is 4.90 Å². The number of benzene rings is 1. The molecule has 19 heavy (non-hydrogen) atoms. The molecule has 0 aliphatic carbocycles. The van der Waals surface area contributed by atoms with Gasteiger partial charge in [0.25, 0.3) is 0 Å². The summed E-state index contributed by atoms with van der Waals surface area (Å²) in [5.74, 6) is 0. The van der Waals surface area contributed by atoms with E-state index >= 15 is 0 Å². The van der Waals surface area contributed by atoms with Gasteiger partial charge in [-0.2, -0.15) is 0 Å². The van der Waals surface area contributed by atoms with Crippen LogP contribution in [0.15, 0.2) is 30.3 Å². The maximum Gasteiger partial charge on any atom is -0.00190 e. The van der Waals surface area contributed by atoms with Crippen LogP contribution in [0, 0.1) is 0 Å². The molecular formula is C17H30ClN. The largest absolute Gasteiger partial charge is 0.304 e. The van der Waals surface area contributed by atoms with Crippen molar-refractivity contribution in [2.24, 2.45) is 0 Å². The highest BCUT2D eigenvalue weighted by atomic mass is 35.5. The van der Waals surface area contributed by atoms with E-state index in [1.54, 1.807) is 0 Å². The molecule has 0 heterocycles. The quantitative estimate of drug-likeness (QED) is 0.550. The summed E-state index contributed by atoms with van der Waals surface area (Å²) in [7, 11) is 0. The Kier molecular flexibility index (Phi) is 12.2. The van der Waals surface area contributed by atoms with E-state index in [9.17, 15) is 0 Å². The van der Waals surface area contributed by atoms with Gasteiger partial charge in [0.2, 0.25) is 0 Å². The SMILES string of the molecule is CCN(CC)CCCCCCCc1ccccc1.Cl. The predicted molar refractivity (Wildman–Crippen MR) is 88.3 cm³/mol. The van der Waals surface area contributed by atoms with Gasteiger partial charge < -0.3 is 4.90 Å². The summed E-state index contributed by atoms with van der Waals surface area (Å²) in [6, 6.07) is 10.8. The minimum absolute atomic E-state index is 0. The molecule has 1 aromatic carbocycles. The number of rotatable bonds is 10. The molecule has 0 bridgehead atoms. The van der Waals surface area contributed by atoms with Crippen molar-refractivity contribution in [2.75, 3.05) is 19.6 Å². The Morgan fingerprint density at radius 1 is 0.789 bits per heavy atom. The highest BCUT2D eigenvalue weighted by molar-refractivity contribution is 5.85. The van der Waals surface area contributed by atoms with Gasteiger partial charge >= 0.3 is 0 Å². The van der Waals surface area contributed by atoms with E-state index in [0.29, 0.717) is 0 Å². The number of halogens is 1. The standard InChI is InChI=1S/C17H29N.ClH/c1-3-18(4-2)16-12-7-5-6-9-13-17-14-10-8-11-15-17;/h8,10-11,14-15H,3-7,9,12-13,16H2,1-2H3;1H. The van der Waals surface area contributed by atoms with Crippen LogP contribution in [0.25, 0.3) is 0 Å². The first-order chi connectivity index (χ1) is 8.86. The zero-order valence-corrected chi connectivity index (χ0v) is 13.4. The van der Waals surface area contributed by atoms with Crippen molar-refractivity contribution in [2.45, 2.75) is 52.4 Å². The van der Waals surface area contributed by atoms with Gasteiger partial charge in [0.15, 0.2) is 0 Å². The molecule has 0 aliphatic rings. The monoisotopic (exact) mass is 283 g/mol. The van der Waals surface area contributed by atoms with E-state index in [0.717, 1.165) is 0 Å². The second kappa shape index (κ2) is 12.5. The molecule has 0 fully saturated rings. The third-order valence-corrected chi connectivity index (χ3v) is 3.68. The first-order valence-electron chi connectivity index (χ1n) is 7.63. The van der Waals surface area contributed by atoms with Crippen LogP contribution >= 0.6 is 12.4 Å². The molecule has 0 N–H and O–H groups in total. The van der Waals surface area contributed by atoms with Crippen molar-refractivity contribution in [3.63, 3.8) is 0 Å². The molecule has 110 valence electrons. The lowest BCUT2D eigenvalue weighted by Gasteiger charge is -2.17. The lowest BCUT2D eigenvalue weighted by Crippen LogP contribution is -2.23. The van der Waals surface area contributed by atoms with Crippen molar-refractivity contribution in [3.05, 3.63) is 35.9 Å². The normalized spacial score (nSPS) is 10.5. The Labute approximate surface area is 125 Å². The molecule has 0 aromatic heterocycles. The van der Waals surface area contributed by atoms with Crippen LogP contribution in [0.5, 0.6) is 0 Å². The molecule has 0 saturated heterocycles. The van der Waals surface area contributed by atoms with Gasteiger partial charge in [-0.1, -0.05) is 63.4 Å². The lowest BCUT2D eigenvalue weighted by atomic mass is 10.1. The van der Waals surface area contributed by atoms with Crippen molar-refractivity contribution in [1.29, 1.82) is 0 Å². The number of hydrogen-bond acceptors (Lipinski definition) is 1. The second-order valence-electron chi connectivity index (χ2n) is 5.03. The average Bonchev–Trinajstić information content (AvgIpc) is 2.43. The van der Waals surface area contributed by atoms with Gasteiger partial charge in [-0.05, 0) is 44.5 Å². The van der Waals surface area contributed by atoms with E-state index in [2.05, 4.69) is 49.1 Å². The van der Waals surface area contributed by atoms with Crippen LogP contribution in [0.3, 0.4) is 0 Å². The lowest BCUT2D eigenvalue weighted by molar-refractivity contribution is 0.295. The number of hydrogen-bond donors (Lipinski definition) is 0. The van der Waals surface area contributed by atoms with E-state index < -0.39 is 0 Å². The number of aryl methyl sites for hydroxylation is 1. The van der Waals surface area contributed by atoms with Crippen molar-refractivity contribution in [3.8, 4) is 0 Å². The summed E-state index contributed by atoms with van der Waals surface area (Å²) < 4.78 is 0. The first-order valence-corrected chi connectivity index (χ1v) is 7.63.